The van der Waals surface area contributed by atoms with Crippen LogP contribution in [0.2, 0.25) is 0 Å². The van der Waals surface area contributed by atoms with Crippen molar-refractivity contribution in [2.45, 2.75) is 19.9 Å². The van der Waals surface area contributed by atoms with E-state index in [0.717, 1.165) is 49.6 Å². The Hall–Kier alpha value is -2.98. The molecule has 1 aliphatic rings. The SMILES string of the molecule is Cc1sc2nc3n(c(=O)c2c1-c1ccccc1)CC/C3=C/c1ccccc1. The molecule has 0 fully saturated rings. The van der Waals surface area contributed by atoms with Crippen LogP contribution >= 0.6 is 11.3 Å². The zero-order valence-corrected chi connectivity index (χ0v) is 15.8. The van der Waals surface area contributed by atoms with E-state index < -0.39 is 0 Å². The van der Waals surface area contributed by atoms with E-state index in [2.05, 4.69) is 37.3 Å². The van der Waals surface area contributed by atoms with Gasteiger partial charge in [0.2, 0.25) is 0 Å². The van der Waals surface area contributed by atoms with Gasteiger partial charge in [-0.3, -0.25) is 9.36 Å². The first kappa shape index (κ1) is 16.2. The first-order valence-electron chi connectivity index (χ1n) is 9.08. The Morgan fingerprint density at radius 2 is 1.74 bits per heavy atom. The van der Waals surface area contributed by atoms with E-state index in [0.29, 0.717) is 6.54 Å². The summed E-state index contributed by atoms with van der Waals surface area (Å²) < 4.78 is 1.84. The molecule has 0 saturated heterocycles. The topological polar surface area (TPSA) is 34.9 Å². The average Bonchev–Trinajstić information content (AvgIpc) is 3.24. The second-order valence-electron chi connectivity index (χ2n) is 6.80. The molecule has 0 N–H and O–H groups in total. The highest BCUT2D eigenvalue weighted by molar-refractivity contribution is 7.19. The van der Waals surface area contributed by atoms with Gasteiger partial charge in [-0.25, -0.2) is 4.98 Å². The second-order valence-corrected chi connectivity index (χ2v) is 8.01. The van der Waals surface area contributed by atoms with Crippen LogP contribution in [0.4, 0.5) is 0 Å². The lowest BCUT2D eigenvalue weighted by Gasteiger charge is -2.05. The van der Waals surface area contributed by atoms with Crippen molar-refractivity contribution in [1.82, 2.24) is 9.55 Å². The second kappa shape index (κ2) is 6.32. The van der Waals surface area contributed by atoms with Gasteiger partial charge in [0.1, 0.15) is 10.7 Å². The van der Waals surface area contributed by atoms with E-state index in [-0.39, 0.29) is 5.56 Å². The standard InChI is InChI=1S/C23H18N2OS/c1-15-19(17-10-6-3-7-11-17)20-22(27-15)24-21-18(12-13-25(21)23(20)26)14-16-8-4-2-5-9-16/h2-11,14H,12-13H2,1H3/b18-14-. The zero-order valence-electron chi connectivity index (χ0n) is 15.0. The molecule has 0 spiro atoms. The van der Waals surface area contributed by atoms with Gasteiger partial charge in [0.15, 0.2) is 0 Å². The first-order chi connectivity index (χ1) is 13.2. The van der Waals surface area contributed by atoms with Gasteiger partial charge in [-0.2, -0.15) is 0 Å². The molecular formula is C23H18N2OS. The van der Waals surface area contributed by atoms with Crippen molar-refractivity contribution >= 4 is 33.2 Å². The van der Waals surface area contributed by atoms with Crippen LogP contribution in [0.3, 0.4) is 0 Å². The van der Waals surface area contributed by atoms with E-state index in [1.54, 1.807) is 11.3 Å². The van der Waals surface area contributed by atoms with Crippen LogP contribution < -0.4 is 5.56 Å². The van der Waals surface area contributed by atoms with Gasteiger partial charge in [-0.15, -0.1) is 11.3 Å². The fourth-order valence-electron chi connectivity index (χ4n) is 3.83. The molecular weight excluding hydrogens is 352 g/mol. The molecule has 132 valence electrons. The summed E-state index contributed by atoms with van der Waals surface area (Å²) in [6.07, 6.45) is 2.99. The van der Waals surface area contributed by atoms with Crippen LogP contribution in [-0.4, -0.2) is 9.55 Å². The van der Waals surface area contributed by atoms with Crippen LogP contribution in [-0.2, 0) is 6.54 Å². The molecule has 3 heterocycles. The molecule has 5 rings (SSSR count). The monoisotopic (exact) mass is 370 g/mol. The fraction of sp³-hybridized carbons (Fsp3) is 0.130. The Balaban J connectivity index is 1.73. The lowest BCUT2D eigenvalue weighted by molar-refractivity contribution is 0.726. The van der Waals surface area contributed by atoms with E-state index in [9.17, 15) is 4.79 Å². The minimum Gasteiger partial charge on any atom is -0.292 e. The number of fused-ring (bicyclic) bond motifs is 2. The van der Waals surface area contributed by atoms with Gasteiger partial charge in [0, 0.05) is 17.0 Å². The average molecular weight is 370 g/mol. The quantitative estimate of drug-likeness (QED) is 0.475. The summed E-state index contributed by atoms with van der Waals surface area (Å²) in [7, 11) is 0. The largest absolute Gasteiger partial charge is 0.292 e. The number of benzene rings is 2. The van der Waals surface area contributed by atoms with Gasteiger partial charge < -0.3 is 0 Å². The molecule has 4 heteroatoms. The molecule has 4 aromatic rings. The molecule has 2 aromatic carbocycles. The maximum atomic E-state index is 13.3. The predicted octanol–water partition coefficient (Wildman–Crippen LogP) is 5.38. The Morgan fingerprint density at radius 3 is 2.48 bits per heavy atom. The van der Waals surface area contributed by atoms with Crippen molar-refractivity contribution in [3.05, 3.63) is 87.3 Å². The lowest BCUT2D eigenvalue weighted by atomic mass is 10.0. The third kappa shape index (κ3) is 2.64. The highest BCUT2D eigenvalue weighted by atomic mass is 32.1. The van der Waals surface area contributed by atoms with E-state index in [4.69, 9.17) is 4.98 Å². The van der Waals surface area contributed by atoms with Gasteiger partial charge in [0.25, 0.3) is 5.56 Å². The van der Waals surface area contributed by atoms with Crippen molar-refractivity contribution in [3.8, 4) is 11.1 Å². The van der Waals surface area contributed by atoms with Crippen molar-refractivity contribution < 1.29 is 0 Å². The smallest absolute Gasteiger partial charge is 0.263 e. The number of aromatic nitrogens is 2. The molecule has 0 aliphatic carbocycles. The Morgan fingerprint density at radius 1 is 1.04 bits per heavy atom. The number of thiophene rings is 1. The molecule has 0 atom stereocenters. The van der Waals surface area contributed by atoms with Crippen LogP contribution in [0.1, 0.15) is 22.7 Å². The summed E-state index contributed by atoms with van der Waals surface area (Å²) in [4.78, 5) is 20.2. The number of allylic oxidation sites excluding steroid dienone is 1. The summed E-state index contributed by atoms with van der Waals surface area (Å²) >= 11 is 1.61. The number of rotatable bonds is 2. The van der Waals surface area contributed by atoms with Crippen LogP contribution in [0.5, 0.6) is 0 Å². The van der Waals surface area contributed by atoms with Crippen LogP contribution in [0.25, 0.3) is 33.0 Å². The summed E-state index contributed by atoms with van der Waals surface area (Å²) in [6, 6.07) is 20.4. The number of aryl methyl sites for hydroxylation is 1. The third-order valence-electron chi connectivity index (χ3n) is 5.08. The summed E-state index contributed by atoms with van der Waals surface area (Å²) in [5.74, 6) is 0.817. The maximum Gasteiger partial charge on any atom is 0.263 e. The Kier molecular flexibility index (Phi) is 3.80. The van der Waals surface area contributed by atoms with Gasteiger partial charge in [0.05, 0.1) is 5.39 Å². The predicted molar refractivity (Wildman–Crippen MR) is 113 cm³/mol. The number of nitrogens with zero attached hydrogens (tertiary/aromatic N) is 2. The molecule has 3 nitrogen and oxygen atoms in total. The summed E-state index contributed by atoms with van der Waals surface area (Å²) in [6.45, 7) is 2.77. The summed E-state index contributed by atoms with van der Waals surface area (Å²) in [5, 5.41) is 0.758. The number of hydrogen-bond donors (Lipinski definition) is 0. The van der Waals surface area contributed by atoms with Gasteiger partial charge in [-0.05, 0) is 36.1 Å². The molecule has 0 bridgehead atoms. The molecule has 0 saturated carbocycles. The molecule has 27 heavy (non-hydrogen) atoms. The van der Waals surface area contributed by atoms with E-state index in [1.807, 2.05) is 41.0 Å². The lowest BCUT2D eigenvalue weighted by Crippen LogP contribution is -2.20. The highest BCUT2D eigenvalue weighted by Gasteiger charge is 2.24. The molecule has 0 radical (unpaired) electrons. The Labute approximate surface area is 161 Å². The van der Waals surface area contributed by atoms with Crippen molar-refractivity contribution in [3.63, 3.8) is 0 Å². The highest BCUT2D eigenvalue weighted by Crippen LogP contribution is 2.37. The molecule has 2 aromatic heterocycles. The fourth-order valence-corrected chi connectivity index (χ4v) is 4.87. The van der Waals surface area contributed by atoms with Crippen molar-refractivity contribution in [2.75, 3.05) is 0 Å². The van der Waals surface area contributed by atoms with E-state index in [1.165, 1.54) is 0 Å². The molecule has 0 unspecified atom stereocenters. The number of hydrogen-bond acceptors (Lipinski definition) is 3. The van der Waals surface area contributed by atoms with Gasteiger partial charge in [-0.1, -0.05) is 60.7 Å². The molecule has 0 amide bonds. The Bertz CT molecular complexity index is 1230. The molecule has 1 aliphatic heterocycles. The normalized spacial score (nSPS) is 14.8. The van der Waals surface area contributed by atoms with Crippen LogP contribution in [0.15, 0.2) is 65.5 Å². The zero-order chi connectivity index (χ0) is 18.4. The van der Waals surface area contributed by atoms with E-state index >= 15 is 0 Å². The minimum atomic E-state index is 0.0784. The van der Waals surface area contributed by atoms with Crippen molar-refractivity contribution in [2.24, 2.45) is 0 Å². The maximum absolute atomic E-state index is 13.3. The van der Waals surface area contributed by atoms with Crippen molar-refractivity contribution in [1.29, 1.82) is 0 Å². The first-order valence-corrected chi connectivity index (χ1v) is 9.89. The summed E-state index contributed by atoms with van der Waals surface area (Å²) in [5.41, 5.74) is 4.47. The third-order valence-corrected chi connectivity index (χ3v) is 6.08. The minimum absolute atomic E-state index is 0.0784. The van der Waals surface area contributed by atoms with Crippen LogP contribution in [0, 0.1) is 6.92 Å². The van der Waals surface area contributed by atoms with Gasteiger partial charge >= 0.3 is 0 Å².